The zero-order valence-corrected chi connectivity index (χ0v) is 17.8. The van der Waals surface area contributed by atoms with E-state index in [1.807, 2.05) is 11.0 Å². The molecule has 0 radical (unpaired) electrons. The second kappa shape index (κ2) is 8.10. The summed E-state index contributed by atoms with van der Waals surface area (Å²) in [6, 6.07) is 4.59. The molecule has 1 aromatic rings. The highest BCUT2D eigenvalue weighted by Crippen LogP contribution is 2.36. The number of imide groups is 1. The van der Waals surface area contributed by atoms with E-state index in [0.29, 0.717) is 24.3 Å². The van der Waals surface area contributed by atoms with Crippen molar-refractivity contribution in [1.29, 1.82) is 0 Å². The molecule has 0 aromatic heterocycles. The number of likely N-dealkylation sites (tertiary alicyclic amines) is 1. The van der Waals surface area contributed by atoms with Gasteiger partial charge in [0.15, 0.2) is 0 Å². The van der Waals surface area contributed by atoms with E-state index in [-0.39, 0.29) is 49.9 Å². The zero-order chi connectivity index (χ0) is 22.5. The van der Waals surface area contributed by atoms with Crippen LogP contribution in [0, 0.1) is 0 Å². The molecule has 1 unspecified atom stereocenters. The van der Waals surface area contributed by atoms with Gasteiger partial charge >= 0.3 is 0 Å². The quantitative estimate of drug-likeness (QED) is 0.718. The van der Waals surface area contributed by atoms with Gasteiger partial charge < -0.3 is 9.64 Å². The Morgan fingerprint density at radius 3 is 2.66 bits per heavy atom. The Bertz CT molecular complexity index is 953. The summed E-state index contributed by atoms with van der Waals surface area (Å²) in [5.74, 6) is -2.99. The molecule has 7 nitrogen and oxygen atoms in total. The molecular weight excluding hydrogens is 420 g/mol. The summed E-state index contributed by atoms with van der Waals surface area (Å²) < 4.78 is 33.8. The number of carbonyl (C=O) groups excluding carboxylic acids is 3. The lowest BCUT2D eigenvalue weighted by molar-refractivity contribution is -0.136. The van der Waals surface area contributed by atoms with E-state index in [4.69, 9.17) is 4.74 Å². The van der Waals surface area contributed by atoms with Gasteiger partial charge in [0.05, 0.1) is 6.54 Å². The van der Waals surface area contributed by atoms with Gasteiger partial charge in [0, 0.05) is 37.5 Å². The third kappa shape index (κ3) is 3.98. The minimum Gasteiger partial charge on any atom is -0.489 e. The lowest BCUT2D eigenvalue weighted by atomic mass is 9.91. The number of hydrogen-bond acceptors (Lipinski definition) is 5. The van der Waals surface area contributed by atoms with Crippen LogP contribution in [0.2, 0.25) is 0 Å². The lowest BCUT2D eigenvalue weighted by Crippen LogP contribution is -2.52. The van der Waals surface area contributed by atoms with Crippen LogP contribution in [0.15, 0.2) is 18.2 Å². The van der Waals surface area contributed by atoms with E-state index in [2.05, 4.69) is 5.32 Å². The van der Waals surface area contributed by atoms with E-state index >= 15 is 0 Å². The highest BCUT2D eigenvalue weighted by molar-refractivity contribution is 6.05. The summed E-state index contributed by atoms with van der Waals surface area (Å²) in [6.45, 7) is 0.457. The molecular formula is C23H27F2N3O4. The average Bonchev–Trinajstić information content (AvgIpc) is 3.27. The maximum absolute atomic E-state index is 13.8. The first-order chi connectivity index (χ1) is 15.3. The predicted molar refractivity (Wildman–Crippen MR) is 110 cm³/mol. The molecule has 32 heavy (non-hydrogen) atoms. The van der Waals surface area contributed by atoms with Gasteiger partial charge in [-0.3, -0.25) is 24.6 Å². The van der Waals surface area contributed by atoms with Crippen molar-refractivity contribution in [3.63, 3.8) is 0 Å². The second-order valence-corrected chi connectivity index (χ2v) is 9.30. The van der Waals surface area contributed by atoms with Gasteiger partial charge in [0.2, 0.25) is 11.8 Å². The van der Waals surface area contributed by atoms with Gasteiger partial charge in [-0.15, -0.1) is 0 Å². The molecule has 3 atom stereocenters. The molecule has 0 bridgehead atoms. The van der Waals surface area contributed by atoms with Gasteiger partial charge in [-0.05, 0) is 49.4 Å². The van der Waals surface area contributed by atoms with Crippen molar-refractivity contribution >= 4 is 17.7 Å². The van der Waals surface area contributed by atoms with Crippen molar-refractivity contribution in [2.75, 3.05) is 13.1 Å². The zero-order valence-electron chi connectivity index (χ0n) is 17.8. The van der Waals surface area contributed by atoms with Crippen molar-refractivity contribution in [1.82, 2.24) is 15.1 Å². The Labute approximate surface area is 185 Å². The number of carbonyl (C=O) groups is 3. The van der Waals surface area contributed by atoms with Crippen LogP contribution >= 0.6 is 0 Å². The van der Waals surface area contributed by atoms with Crippen LogP contribution in [0.5, 0.6) is 5.75 Å². The van der Waals surface area contributed by atoms with Gasteiger partial charge in [-0.2, -0.15) is 0 Å². The maximum Gasteiger partial charge on any atom is 0.261 e. The molecule has 2 saturated heterocycles. The van der Waals surface area contributed by atoms with Crippen LogP contribution in [0.1, 0.15) is 60.9 Å². The SMILES string of the molecule is O=C1CCC(N2Cc3cc(O[C@@H]4CCCC[C@H]4N4CCC(F)(F)C4)ccc3C2=O)C(=O)N1. The van der Waals surface area contributed by atoms with Crippen molar-refractivity contribution in [2.45, 2.75) is 75.6 Å². The Morgan fingerprint density at radius 2 is 1.91 bits per heavy atom. The van der Waals surface area contributed by atoms with E-state index in [1.54, 1.807) is 12.1 Å². The molecule has 4 aliphatic rings. The highest BCUT2D eigenvalue weighted by Gasteiger charge is 2.44. The van der Waals surface area contributed by atoms with Crippen LogP contribution in [-0.4, -0.2) is 64.7 Å². The normalized spacial score (nSPS) is 30.4. The van der Waals surface area contributed by atoms with Crippen molar-refractivity contribution in [2.24, 2.45) is 0 Å². The molecule has 3 aliphatic heterocycles. The number of amides is 3. The van der Waals surface area contributed by atoms with Crippen LogP contribution < -0.4 is 10.1 Å². The van der Waals surface area contributed by atoms with E-state index < -0.39 is 17.9 Å². The van der Waals surface area contributed by atoms with Crippen molar-refractivity contribution in [3.8, 4) is 5.75 Å². The number of rotatable bonds is 4. The second-order valence-electron chi connectivity index (χ2n) is 9.30. The molecule has 9 heteroatoms. The van der Waals surface area contributed by atoms with Crippen LogP contribution in [0.4, 0.5) is 8.78 Å². The summed E-state index contributed by atoms with van der Waals surface area (Å²) in [4.78, 5) is 39.9. The van der Waals surface area contributed by atoms with Gasteiger partial charge in [-0.1, -0.05) is 6.42 Å². The Morgan fingerprint density at radius 1 is 1.09 bits per heavy atom. The number of alkyl halides is 2. The number of nitrogens with zero attached hydrogens (tertiary/aromatic N) is 2. The van der Waals surface area contributed by atoms with E-state index in [9.17, 15) is 23.2 Å². The number of ether oxygens (including phenoxy) is 1. The minimum atomic E-state index is -2.63. The predicted octanol–water partition coefficient (Wildman–Crippen LogP) is 2.48. The van der Waals surface area contributed by atoms with Gasteiger partial charge in [-0.25, -0.2) is 8.78 Å². The fraction of sp³-hybridized carbons (Fsp3) is 0.609. The average molecular weight is 447 g/mol. The Kier molecular flexibility index (Phi) is 5.39. The molecule has 1 aliphatic carbocycles. The molecule has 1 N–H and O–H groups in total. The molecule has 0 spiro atoms. The first-order valence-electron chi connectivity index (χ1n) is 11.4. The summed E-state index contributed by atoms with van der Waals surface area (Å²) in [5.41, 5.74) is 1.30. The number of benzene rings is 1. The molecule has 172 valence electrons. The van der Waals surface area contributed by atoms with Crippen molar-refractivity contribution < 1.29 is 27.9 Å². The third-order valence-electron chi connectivity index (χ3n) is 7.12. The molecule has 3 heterocycles. The largest absolute Gasteiger partial charge is 0.489 e. The first-order valence-corrected chi connectivity index (χ1v) is 11.4. The van der Waals surface area contributed by atoms with Crippen LogP contribution in [-0.2, 0) is 16.1 Å². The van der Waals surface area contributed by atoms with Crippen LogP contribution in [0.3, 0.4) is 0 Å². The summed E-state index contributed by atoms with van der Waals surface area (Å²) in [6.07, 6.45) is 3.91. The number of nitrogens with one attached hydrogen (secondary N) is 1. The molecule has 3 amide bonds. The monoisotopic (exact) mass is 447 g/mol. The Hall–Kier alpha value is -2.55. The molecule has 3 fully saturated rings. The van der Waals surface area contributed by atoms with E-state index in [0.717, 1.165) is 31.2 Å². The highest BCUT2D eigenvalue weighted by atomic mass is 19.3. The van der Waals surface area contributed by atoms with Crippen molar-refractivity contribution in [3.05, 3.63) is 29.3 Å². The number of piperidine rings is 1. The number of halogens is 2. The molecule has 1 saturated carbocycles. The van der Waals surface area contributed by atoms with Gasteiger partial charge in [0.25, 0.3) is 11.8 Å². The smallest absolute Gasteiger partial charge is 0.261 e. The fourth-order valence-electron chi connectivity index (χ4n) is 5.48. The topological polar surface area (TPSA) is 79.0 Å². The molecule has 5 rings (SSSR count). The van der Waals surface area contributed by atoms with Gasteiger partial charge in [0.1, 0.15) is 17.9 Å². The summed E-state index contributed by atoms with van der Waals surface area (Å²) in [5, 5.41) is 2.30. The number of hydrogen-bond donors (Lipinski definition) is 1. The number of fused-ring (bicyclic) bond motifs is 1. The minimum absolute atomic E-state index is 0.0352. The lowest BCUT2D eigenvalue weighted by Gasteiger charge is -2.37. The summed E-state index contributed by atoms with van der Waals surface area (Å²) in [7, 11) is 0. The molecule has 1 aromatic carbocycles. The Balaban J connectivity index is 1.29. The first kappa shape index (κ1) is 21.3. The third-order valence-corrected chi connectivity index (χ3v) is 7.12. The fourth-order valence-corrected chi connectivity index (χ4v) is 5.48. The van der Waals surface area contributed by atoms with E-state index in [1.165, 1.54) is 4.90 Å². The standard InChI is InChI=1S/C23H27F2N3O4/c24-23(25)9-10-27(13-23)17-3-1-2-4-19(17)32-15-5-6-16-14(11-15)12-28(22(16)31)18-7-8-20(29)26-21(18)30/h5-6,11,17-19H,1-4,7-10,12-13H2,(H,26,29,30)/t17-,18?,19-/m1/s1. The van der Waals surface area contributed by atoms with Crippen LogP contribution in [0.25, 0.3) is 0 Å². The summed E-state index contributed by atoms with van der Waals surface area (Å²) >= 11 is 0. The maximum atomic E-state index is 13.8.